The fraction of sp³-hybridized carbons (Fsp3) is 0.684. The SMILES string of the molecule is CCCCCCCCCCCCCc1cc(O)c(Cl)c(O)c1. The third-order valence-corrected chi connectivity index (χ3v) is 4.55. The molecule has 0 aliphatic carbocycles. The van der Waals surface area contributed by atoms with Crippen LogP contribution in [0.5, 0.6) is 11.5 Å². The van der Waals surface area contributed by atoms with Crippen LogP contribution in [0.15, 0.2) is 12.1 Å². The Morgan fingerprint density at radius 3 is 1.59 bits per heavy atom. The maximum atomic E-state index is 9.57. The van der Waals surface area contributed by atoms with Gasteiger partial charge in [-0.05, 0) is 30.5 Å². The van der Waals surface area contributed by atoms with Crippen molar-refractivity contribution in [2.75, 3.05) is 0 Å². The molecule has 0 amide bonds. The van der Waals surface area contributed by atoms with Crippen molar-refractivity contribution in [3.63, 3.8) is 0 Å². The molecule has 2 nitrogen and oxygen atoms in total. The van der Waals surface area contributed by atoms with E-state index in [1.807, 2.05) is 0 Å². The van der Waals surface area contributed by atoms with Gasteiger partial charge in [0.25, 0.3) is 0 Å². The first-order chi connectivity index (χ1) is 10.6. The summed E-state index contributed by atoms with van der Waals surface area (Å²) in [4.78, 5) is 0. The van der Waals surface area contributed by atoms with Gasteiger partial charge in [0.1, 0.15) is 16.5 Å². The van der Waals surface area contributed by atoms with Crippen LogP contribution < -0.4 is 0 Å². The summed E-state index contributed by atoms with van der Waals surface area (Å²) in [5.41, 5.74) is 0.954. The molecular weight excluding hydrogens is 296 g/mol. The van der Waals surface area contributed by atoms with Gasteiger partial charge in [0.15, 0.2) is 0 Å². The van der Waals surface area contributed by atoms with E-state index in [2.05, 4.69) is 6.92 Å². The molecule has 3 heteroatoms. The molecule has 0 spiro atoms. The zero-order valence-corrected chi connectivity index (χ0v) is 14.7. The van der Waals surface area contributed by atoms with Crippen molar-refractivity contribution in [3.8, 4) is 11.5 Å². The fourth-order valence-corrected chi connectivity index (χ4v) is 2.90. The van der Waals surface area contributed by atoms with Crippen LogP contribution in [0, 0.1) is 0 Å². The summed E-state index contributed by atoms with van der Waals surface area (Å²) in [5.74, 6) is -0.0560. The van der Waals surface area contributed by atoms with Crippen LogP contribution in [0.1, 0.15) is 83.1 Å². The Kier molecular flexibility index (Phi) is 10.1. The second kappa shape index (κ2) is 11.6. The highest BCUT2D eigenvalue weighted by molar-refractivity contribution is 6.33. The maximum absolute atomic E-state index is 9.57. The smallest absolute Gasteiger partial charge is 0.138 e. The molecule has 0 fully saturated rings. The van der Waals surface area contributed by atoms with Crippen LogP contribution in [0.4, 0.5) is 0 Å². The Labute approximate surface area is 140 Å². The molecule has 0 unspecified atom stereocenters. The number of aromatic hydroxyl groups is 2. The zero-order chi connectivity index (χ0) is 16.2. The predicted octanol–water partition coefficient (Wildman–Crippen LogP) is 6.60. The molecule has 0 saturated heterocycles. The average Bonchev–Trinajstić information content (AvgIpc) is 2.50. The first-order valence-electron chi connectivity index (χ1n) is 8.85. The Hall–Kier alpha value is -0.890. The van der Waals surface area contributed by atoms with Gasteiger partial charge in [0, 0.05) is 0 Å². The Balaban J connectivity index is 2.00. The number of hydrogen-bond acceptors (Lipinski definition) is 2. The van der Waals surface area contributed by atoms with Gasteiger partial charge in [-0.15, -0.1) is 0 Å². The van der Waals surface area contributed by atoms with Crippen molar-refractivity contribution in [1.29, 1.82) is 0 Å². The molecule has 126 valence electrons. The lowest BCUT2D eigenvalue weighted by Gasteiger charge is -2.06. The summed E-state index contributed by atoms with van der Waals surface area (Å²) in [6.07, 6.45) is 15.4. The number of unbranched alkanes of at least 4 members (excludes halogenated alkanes) is 10. The van der Waals surface area contributed by atoms with Gasteiger partial charge < -0.3 is 10.2 Å². The zero-order valence-electron chi connectivity index (χ0n) is 13.9. The minimum absolute atomic E-state index is 0.0280. The van der Waals surface area contributed by atoms with E-state index >= 15 is 0 Å². The quantitative estimate of drug-likeness (QED) is 0.424. The summed E-state index contributed by atoms with van der Waals surface area (Å²) in [6.45, 7) is 2.26. The van der Waals surface area contributed by atoms with Crippen LogP contribution in [-0.4, -0.2) is 10.2 Å². The molecule has 0 saturated carbocycles. The minimum Gasteiger partial charge on any atom is -0.506 e. The molecule has 0 heterocycles. The van der Waals surface area contributed by atoms with E-state index in [0.29, 0.717) is 0 Å². The van der Waals surface area contributed by atoms with Gasteiger partial charge in [-0.2, -0.15) is 0 Å². The number of phenols is 2. The number of phenolic OH excluding ortho intramolecular Hbond substituents is 2. The van der Waals surface area contributed by atoms with E-state index in [9.17, 15) is 10.2 Å². The summed E-state index contributed by atoms with van der Waals surface area (Å²) in [7, 11) is 0. The van der Waals surface area contributed by atoms with Crippen LogP contribution >= 0.6 is 11.6 Å². The second-order valence-electron chi connectivity index (χ2n) is 6.23. The average molecular weight is 327 g/mol. The van der Waals surface area contributed by atoms with Crippen molar-refractivity contribution < 1.29 is 10.2 Å². The van der Waals surface area contributed by atoms with E-state index in [1.165, 1.54) is 64.2 Å². The van der Waals surface area contributed by atoms with Gasteiger partial charge in [-0.3, -0.25) is 0 Å². The highest BCUT2D eigenvalue weighted by Gasteiger charge is 2.06. The molecule has 1 rings (SSSR count). The molecule has 1 aromatic rings. The van der Waals surface area contributed by atoms with Crippen molar-refractivity contribution in [2.45, 2.75) is 84.0 Å². The van der Waals surface area contributed by atoms with Crippen molar-refractivity contribution >= 4 is 11.6 Å². The summed E-state index contributed by atoms with van der Waals surface area (Å²) >= 11 is 5.72. The minimum atomic E-state index is -0.0280. The number of hydrogen-bond donors (Lipinski definition) is 2. The van der Waals surface area contributed by atoms with Crippen molar-refractivity contribution in [2.24, 2.45) is 0 Å². The molecule has 0 aliphatic heterocycles. The predicted molar refractivity (Wildman–Crippen MR) is 94.9 cm³/mol. The second-order valence-corrected chi connectivity index (χ2v) is 6.61. The van der Waals surface area contributed by atoms with E-state index in [1.54, 1.807) is 12.1 Å². The Morgan fingerprint density at radius 2 is 1.14 bits per heavy atom. The van der Waals surface area contributed by atoms with Gasteiger partial charge in [-0.1, -0.05) is 82.7 Å². The van der Waals surface area contributed by atoms with Crippen LogP contribution in [0.25, 0.3) is 0 Å². The standard InChI is InChI=1S/C19H31ClO2/c1-2-3-4-5-6-7-8-9-10-11-12-13-16-14-17(21)19(20)18(22)15-16/h14-15,21-22H,2-13H2,1H3. The lowest BCUT2D eigenvalue weighted by molar-refractivity contribution is 0.449. The third-order valence-electron chi connectivity index (χ3n) is 4.16. The maximum Gasteiger partial charge on any atom is 0.138 e. The highest BCUT2D eigenvalue weighted by Crippen LogP contribution is 2.34. The summed E-state index contributed by atoms with van der Waals surface area (Å²) in [5, 5.41) is 19.2. The molecule has 0 aliphatic rings. The number of halogens is 1. The van der Waals surface area contributed by atoms with Gasteiger partial charge in [0.05, 0.1) is 0 Å². The normalized spacial score (nSPS) is 11.0. The Bertz CT molecular complexity index is 395. The number of benzene rings is 1. The largest absolute Gasteiger partial charge is 0.506 e. The first kappa shape index (κ1) is 19.2. The van der Waals surface area contributed by atoms with E-state index in [0.717, 1.165) is 18.4 Å². The molecule has 0 bridgehead atoms. The topological polar surface area (TPSA) is 40.5 Å². The number of rotatable bonds is 12. The molecular formula is C19H31ClO2. The molecule has 0 aromatic heterocycles. The monoisotopic (exact) mass is 326 g/mol. The summed E-state index contributed by atoms with van der Waals surface area (Å²) in [6, 6.07) is 3.30. The Morgan fingerprint density at radius 1 is 0.727 bits per heavy atom. The first-order valence-corrected chi connectivity index (χ1v) is 9.23. The number of aryl methyl sites for hydroxylation is 1. The van der Waals surface area contributed by atoms with Crippen LogP contribution in [0.3, 0.4) is 0 Å². The lowest BCUT2D eigenvalue weighted by atomic mass is 10.0. The lowest BCUT2D eigenvalue weighted by Crippen LogP contribution is -1.87. The molecule has 0 atom stereocenters. The van der Waals surface area contributed by atoms with E-state index in [-0.39, 0.29) is 16.5 Å². The van der Waals surface area contributed by atoms with Gasteiger partial charge in [-0.25, -0.2) is 0 Å². The summed E-state index contributed by atoms with van der Waals surface area (Å²) < 4.78 is 0. The molecule has 2 N–H and O–H groups in total. The highest BCUT2D eigenvalue weighted by atomic mass is 35.5. The molecule has 0 radical (unpaired) electrons. The van der Waals surface area contributed by atoms with Crippen molar-refractivity contribution in [3.05, 3.63) is 22.7 Å². The molecule has 1 aromatic carbocycles. The van der Waals surface area contributed by atoms with Crippen LogP contribution in [-0.2, 0) is 6.42 Å². The van der Waals surface area contributed by atoms with E-state index < -0.39 is 0 Å². The molecule has 22 heavy (non-hydrogen) atoms. The fourth-order valence-electron chi connectivity index (χ4n) is 2.79. The van der Waals surface area contributed by atoms with Gasteiger partial charge >= 0.3 is 0 Å². The third kappa shape index (κ3) is 7.93. The van der Waals surface area contributed by atoms with Crippen LogP contribution in [0.2, 0.25) is 5.02 Å². The van der Waals surface area contributed by atoms with E-state index in [4.69, 9.17) is 11.6 Å². The van der Waals surface area contributed by atoms with Gasteiger partial charge in [0.2, 0.25) is 0 Å². The van der Waals surface area contributed by atoms with Crippen molar-refractivity contribution in [1.82, 2.24) is 0 Å².